The van der Waals surface area contributed by atoms with Crippen LogP contribution in [0.4, 0.5) is 5.69 Å². The minimum absolute atomic E-state index is 0.146. The van der Waals surface area contributed by atoms with Crippen LogP contribution in [0.3, 0.4) is 0 Å². The second-order valence-electron chi connectivity index (χ2n) is 6.65. The molecular formula is C17H26N2O. The molecule has 3 nitrogen and oxygen atoms in total. The number of nitrogens with zero attached hydrogens (tertiary/aromatic N) is 1. The molecule has 1 saturated carbocycles. The van der Waals surface area contributed by atoms with Crippen molar-refractivity contribution in [2.24, 2.45) is 11.7 Å². The van der Waals surface area contributed by atoms with Crippen LogP contribution in [-0.4, -0.2) is 26.3 Å². The Morgan fingerprint density at radius 2 is 1.95 bits per heavy atom. The van der Waals surface area contributed by atoms with Crippen LogP contribution in [0.15, 0.2) is 24.3 Å². The first-order valence-corrected chi connectivity index (χ1v) is 7.76. The molecule has 0 aromatic heterocycles. The van der Waals surface area contributed by atoms with E-state index in [1.54, 1.807) is 0 Å². The molecule has 2 atom stereocenters. The summed E-state index contributed by atoms with van der Waals surface area (Å²) < 4.78 is 6.01. The number of benzene rings is 1. The predicted octanol–water partition coefficient (Wildman–Crippen LogP) is 3.10. The lowest BCUT2D eigenvalue weighted by Crippen LogP contribution is -2.47. The lowest BCUT2D eigenvalue weighted by atomic mass is 9.70. The van der Waals surface area contributed by atoms with E-state index in [1.807, 2.05) is 0 Å². The molecule has 1 saturated heterocycles. The fraction of sp³-hybridized carbons (Fsp3) is 0.647. The lowest BCUT2D eigenvalue weighted by molar-refractivity contribution is -0.146. The standard InChI is InChI=1S/C17H26N2O/c1-19(2)15-6-4-13(5-7-15)16(18)14-8-11-20-17(12-14)9-3-10-17/h4-7,14,16H,3,8-12,18H2,1-2H3. The van der Waals surface area contributed by atoms with Crippen molar-refractivity contribution in [1.82, 2.24) is 0 Å². The molecule has 110 valence electrons. The van der Waals surface area contributed by atoms with E-state index in [0.29, 0.717) is 5.92 Å². The summed E-state index contributed by atoms with van der Waals surface area (Å²) in [6.45, 7) is 0.883. The zero-order chi connectivity index (χ0) is 14.2. The molecule has 0 amide bonds. The molecule has 2 aliphatic rings. The molecule has 1 heterocycles. The molecule has 3 rings (SSSR count). The van der Waals surface area contributed by atoms with Crippen molar-refractivity contribution < 1.29 is 4.74 Å². The summed E-state index contributed by atoms with van der Waals surface area (Å²) in [5.41, 5.74) is 9.20. The highest BCUT2D eigenvalue weighted by molar-refractivity contribution is 5.46. The first-order chi connectivity index (χ1) is 9.60. The summed E-state index contributed by atoms with van der Waals surface area (Å²) in [5.74, 6) is 0.564. The maximum absolute atomic E-state index is 6.53. The summed E-state index contributed by atoms with van der Waals surface area (Å²) in [6.07, 6.45) is 6.02. The number of anilines is 1. The Labute approximate surface area is 122 Å². The molecule has 20 heavy (non-hydrogen) atoms. The number of hydrogen-bond acceptors (Lipinski definition) is 3. The van der Waals surface area contributed by atoms with Gasteiger partial charge in [0.25, 0.3) is 0 Å². The quantitative estimate of drug-likeness (QED) is 0.920. The van der Waals surface area contributed by atoms with Gasteiger partial charge in [-0.3, -0.25) is 0 Å². The Morgan fingerprint density at radius 1 is 1.25 bits per heavy atom. The van der Waals surface area contributed by atoms with E-state index >= 15 is 0 Å². The fourth-order valence-corrected chi connectivity index (χ4v) is 3.56. The third-order valence-electron chi connectivity index (χ3n) is 5.10. The molecule has 3 heteroatoms. The molecule has 2 unspecified atom stereocenters. The van der Waals surface area contributed by atoms with Crippen LogP contribution in [-0.2, 0) is 4.74 Å². The summed E-state index contributed by atoms with van der Waals surface area (Å²) in [7, 11) is 4.13. The second-order valence-corrected chi connectivity index (χ2v) is 6.65. The molecule has 1 aromatic carbocycles. The van der Waals surface area contributed by atoms with E-state index < -0.39 is 0 Å². The van der Waals surface area contributed by atoms with Gasteiger partial charge in [0, 0.05) is 32.4 Å². The van der Waals surface area contributed by atoms with Gasteiger partial charge < -0.3 is 15.4 Å². The van der Waals surface area contributed by atoms with Crippen LogP contribution in [0, 0.1) is 5.92 Å². The van der Waals surface area contributed by atoms with E-state index in [1.165, 1.54) is 30.5 Å². The van der Waals surface area contributed by atoms with Gasteiger partial charge in [-0.25, -0.2) is 0 Å². The van der Waals surface area contributed by atoms with Gasteiger partial charge >= 0.3 is 0 Å². The molecule has 1 spiro atoms. The largest absolute Gasteiger partial charge is 0.378 e. The van der Waals surface area contributed by atoms with Crippen molar-refractivity contribution in [3.63, 3.8) is 0 Å². The van der Waals surface area contributed by atoms with Crippen LogP contribution in [0.2, 0.25) is 0 Å². The highest BCUT2D eigenvalue weighted by Crippen LogP contribution is 2.46. The van der Waals surface area contributed by atoms with Gasteiger partial charge in [-0.1, -0.05) is 12.1 Å². The van der Waals surface area contributed by atoms with Crippen molar-refractivity contribution in [2.45, 2.75) is 43.7 Å². The Morgan fingerprint density at radius 3 is 2.50 bits per heavy atom. The summed E-state index contributed by atoms with van der Waals surface area (Å²) in [4.78, 5) is 2.12. The lowest BCUT2D eigenvalue weighted by Gasteiger charge is -2.48. The van der Waals surface area contributed by atoms with E-state index in [9.17, 15) is 0 Å². The molecule has 1 aliphatic heterocycles. The minimum atomic E-state index is 0.146. The van der Waals surface area contributed by atoms with Crippen molar-refractivity contribution in [3.8, 4) is 0 Å². The van der Waals surface area contributed by atoms with Crippen LogP contribution in [0.1, 0.15) is 43.7 Å². The minimum Gasteiger partial charge on any atom is -0.378 e. The number of hydrogen-bond donors (Lipinski definition) is 1. The number of rotatable bonds is 3. The normalized spacial score (nSPS) is 26.1. The fourth-order valence-electron chi connectivity index (χ4n) is 3.56. The average molecular weight is 274 g/mol. The van der Waals surface area contributed by atoms with Crippen molar-refractivity contribution >= 4 is 5.69 Å². The molecule has 1 aromatic rings. The maximum Gasteiger partial charge on any atom is 0.0686 e. The molecule has 1 aliphatic carbocycles. The number of ether oxygens (including phenoxy) is 1. The van der Waals surface area contributed by atoms with Gasteiger partial charge in [-0.15, -0.1) is 0 Å². The van der Waals surface area contributed by atoms with Gasteiger partial charge in [-0.05, 0) is 55.7 Å². The van der Waals surface area contributed by atoms with Gasteiger partial charge in [0.05, 0.1) is 5.60 Å². The first kappa shape index (κ1) is 13.9. The van der Waals surface area contributed by atoms with Crippen molar-refractivity contribution in [2.75, 3.05) is 25.6 Å². The van der Waals surface area contributed by atoms with E-state index in [0.717, 1.165) is 19.4 Å². The Balaban J connectivity index is 1.69. The Hall–Kier alpha value is -1.06. The maximum atomic E-state index is 6.53. The van der Waals surface area contributed by atoms with Crippen LogP contribution in [0.5, 0.6) is 0 Å². The van der Waals surface area contributed by atoms with Crippen molar-refractivity contribution in [3.05, 3.63) is 29.8 Å². The number of nitrogens with two attached hydrogens (primary N) is 1. The van der Waals surface area contributed by atoms with Crippen molar-refractivity contribution in [1.29, 1.82) is 0 Å². The van der Waals surface area contributed by atoms with Gasteiger partial charge in [0.15, 0.2) is 0 Å². The topological polar surface area (TPSA) is 38.5 Å². The third-order valence-corrected chi connectivity index (χ3v) is 5.10. The SMILES string of the molecule is CN(C)c1ccc(C(N)C2CCOC3(CCC3)C2)cc1. The van der Waals surface area contributed by atoms with E-state index in [-0.39, 0.29) is 11.6 Å². The van der Waals surface area contributed by atoms with Crippen LogP contribution in [0.25, 0.3) is 0 Å². The predicted molar refractivity (Wildman–Crippen MR) is 83.0 cm³/mol. The zero-order valence-electron chi connectivity index (χ0n) is 12.6. The monoisotopic (exact) mass is 274 g/mol. The second kappa shape index (κ2) is 5.38. The zero-order valence-corrected chi connectivity index (χ0v) is 12.6. The summed E-state index contributed by atoms with van der Waals surface area (Å²) >= 11 is 0. The Bertz CT molecular complexity index is 451. The highest BCUT2D eigenvalue weighted by atomic mass is 16.5. The Kier molecular flexibility index (Phi) is 3.74. The molecule has 2 fully saturated rings. The molecule has 2 N–H and O–H groups in total. The molecule has 0 radical (unpaired) electrons. The van der Waals surface area contributed by atoms with Gasteiger partial charge in [0.1, 0.15) is 0 Å². The van der Waals surface area contributed by atoms with E-state index in [4.69, 9.17) is 10.5 Å². The van der Waals surface area contributed by atoms with Gasteiger partial charge in [-0.2, -0.15) is 0 Å². The van der Waals surface area contributed by atoms with Gasteiger partial charge in [0.2, 0.25) is 0 Å². The van der Waals surface area contributed by atoms with Crippen LogP contribution >= 0.6 is 0 Å². The molecule has 0 bridgehead atoms. The average Bonchev–Trinajstić information content (AvgIpc) is 2.45. The van der Waals surface area contributed by atoms with E-state index in [2.05, 4.69) is 43.3 Å². The summed E-state index contributed by atoms with van der Waals surface area (Å²) in [6, 6.07) is 8.83. The van der Waals surface area contributed by atoms with Crippen LogP contribution < -0.4 is 10.6 Å². The summed E-state index contributed by atoms with van der Waals surface area (Å²) in [5, 5.41) is 0. The smallest absolute Gasteiger partial charge is 0.0686 e. The molecular weight excluding hydrogens is 248 g/mol. The highest BCUT2D eigenvalue weighted by Gasteiger charge is 2.43. The third kappa shape index (κ3) is 2.57. The first-order valence-electron chi connectivity index (χ1n) is 7.76.